The number of aliphatic hydroxyl groups is 8. The molecule has 2 heterocycles. The van der Waals surface area contributed by atoms with Crippen LogP contribution < -0.4 is 5.32 Å². The Labute approximate surface area is 501 Å². The summed E-state index contributed by atoms with van der Waals surface area (Å²) in [5.41, 5.74) is 0. The normalized spacial score (nSPS) is 23.9. The molecule has 2 fully saturated rings. The van der Waals surface area contributed by atoms with Crippen LogP contribution in [0.4, 0.5) is 0 Å². The minimum absolute atomic E-state index is 0.201. The summed E-state index contributed by atoms with van der Waals surface area (Å²) < 4.78 is 22.8. The predicted octanol–water partition coefficient (Wildman–Crippen LogP) is 13.8. The van der Waals surface area contributed by atoms with Gasteiger partial charge in [0.15, 0.2) is 12.6 Å². The highest BCUT2D eigenvalue weighted by Gasteiger charge is 2.51. The van der Waals surface area contributed by atoms with E-state index in [0.717, 1.165) is 51.4 Å². The number of nitrogens with one attached hydrogen (secondary N) is 1. The third kappa shape index (κ3) is 38.1. The Kier molecular flexibility index (Phi) is 50.5. The van der Waals surface area contributed by atoms with Crippen molar-refractivity contribution in [3.8, 4) is 0 Å². The zero-order valence-electron chi connectivity index (χ0n) is 52.8. The van der Waals surface area contributed by atoms with Crippen LogP contribution >= 0.6 is 0 Å². The van der Waals surface area contributed by atoms with Crippen molar-refractivity contribution < 1.29 is 64.6 Å². The van der Waals surface area contributed by atoms with Gasteiger partial charge in [-0.05, 0) is 38.5 Å². The van der Waals surface area contributed by atoms with Gasteiger partial charge in [-0.15, -0.1) is 0 Å². The van der Waals surface area contributed by atoms with E-state index >= 15 is 0 Å². The van der Waals surface area contributed by atoms with E-state index in [9.17, 15) is 45.6 Å². The maximum atomic E-state index is 13.3. The molecule has 0 bridgehead atoms. The number of unbranched alkanes of at least 4 members (excludes halogenated alkanes) is 43. The van der Waals surface area contributed by atoms with Crippen LogP contribution in [0.1, 0.15) is 322 Å². The van der Waals surface area contributed by atoms with Crippen LogP contribution in [0.15, 0.2) is 12.2 Å². The second-order valence-corrected chi connectivity index (χ2v) is 25.0. The van der Waals surface area contributed by atoms with Gasteiger partial charge in [-0.25, -0.2) is 0 Å². The van der Waals surface area contributed by atoms with Crippen LogP contribution in [0, 0.1) is 0 Å². The number of carbonyl (C=O) groups excluding carboxylic acids is 1. The molecule has 0 aromatic heterocycles. The number of hydrogen-bond acceptors (Lipinski definition) is 13. The molecule has 12 unspecified atom stereocenters. The number of amides is 1. The first-order valence-corrected chi connectivity index (χ1v) is 34.9. The number of rotatable bonds is 58. The lowest BCUT2D eigenvalue weighted by Crippen LogP contribution is -2.65. The van der Waals surface area contributed by atoms with Crippen molar-refractivity contribution >= 4 is 5.91 Å². The molecule has 12 atom stereocenters. The molecule has 0 aromatic rings. The Morgan fingerprint density at radius 2 is 0.768 bits per heavy atom. The van der Waals surface area contributed by atoms with Crippen LogP contribution in [0.5, 0.6) is 0 Å². The summed E-state index contributed by atoms with van der Waals surface area (Å²) in [7, 11) is 0. The number of carbonyl (C=O) groups is 1. The fourth-order valence-corrected chi connectivity index (χ4v) is 11.9. The first kappa shape index (κ1) is 76.8. The highest BCUT2D eigenvalue weighted by atomic mass is 16.7. The van der Waals surface area contributed by atoms with Gasteiger partial charge in [0.1, 0.15) is 48.8 Å². The number of aliphatic hydroxyl groups excluding tert-OH is 8. The molecule has 2 aliphatic rings. The largest absolute Gasteiger partial charge is 0.394 e. The van der Waals surface area contributed by atoms with Crippen LogP contribution in [0.25, 0.3) is 0 Å². The fourth-order valence-electron chi connectivity index (χ4n) is 11.9. The zero-order valence-corrected chi connectivity index (χ0v) is 52.8. The summed E-state index contributed by atoms with van der Waals surface area (Å²) >= 11 is 0. The summed E-state index contributed by atoms with van der Waals surface area (Å²) in [5.74, 6) is -0.201. The topological polar surface area (TPSA) is 228 Å². The van der Waals surface area contributed by atoms with E-state index in [4.69, 9.17) is 18.9 Å². The van der Waals surface area contributed by atoms with E-state index in [-0.39, 0.29) is 12.5 Å². The average Bonchev–Trinajstić information content (AvgIpc) is 3.22. The minimum Gasteiger partial charge on any atom is -0.394 e. The Morgan fingerprint density at radius 1 is 0.427 bits per heavy atom. The van der Waals surface area contributed by atoms with E-state index < -0.39 is 86.8 Å². The SMILES string of the molecule is CCCCCCCCCC/C=C\CCCCCCCCCCCCCCCCCCCCCCCCCCCC(=O)NC(COC1OC(CO)C(OC2OC(CO)C(O)C(O)C2O)C(O)C1O)C(O)CCCCCCCCCCCCC. The van der Waals surface area contributed by atoms with Gasteiger partial charge in [0, 0.05) is 6.42 Å². The van der Waals surface area contributed by atoms with Crippen molar-refractivity contribution in [2.75, 3.05) is 19.8 Å². The Hall–Kier alpha value is -1.27. The molecule has 14 nitrogen and oxygen atoms in total. The molecule has 0 saturated carbocycles. The zero-order chi connectivity index (χ0) is 59.5. The monoisotopic (exact) mass is 1170 g/mol. The highest BCUT2D eigenvalue weighted by Crippen LogP contribution is 2.30. The van der Waals surface area contributed by atoms with Crippen LogP contribution in [0.2, 0.25) is 0 Å². The average molecular weight is 1170 g/mol. The second-order valence-electron chi connectivity index (χ2n) is 25.0. The maximum absolute atomic E-state index is 13.3. The Bertz CT molecular complexity index is 1420. The lowest BCUT2D eigenvalue weighted by molar-refractivity contribution is -0.359. The Morgan fingerprint density at radius 3 is 1.16 bits per heavy atom. The van der Waals surface area contributed by atoms with Gasteiger partial charge in [0.25, 0.3) is 0 Å². The molecular weight excluding hydrogens is 1040 g/mol. The van der Waals surface area contributed by atoms with Gasteiger partial charge >= 0.3 is 0 Å². The van der Waals surface area contributed by atoms with Crippen molar-refractivity contribution in [3.63, 3.8) is 0 Å². The van der Waals surface area contributed by atoms with Crippen molar-refractivity contribution in [2.45, 2.75) is 396 Å². The molecule has 0 radical (unpaired) electrons. The first-order chi connectivity index (χ1) is 40.1. The third-order valence-electron chi connectivity index (χ3n) is 17.5. The van der Waals surface area contributed by atoms with E-state index in [2.05, 4.69) is 31.3 Å². The molecule has 2 saturated heterocycles. The summed E-state index contributed by atoms with van der Waals surface area (Å²) in [4.78, 5) is 13.3. The fraction of sp³-hybridized carbons (Fsp3) is 0.956. The van der Waals surface area contributed by atoms with Crippen LogP contribution in [-0.2, 0) is 23.7 Å². The maximum Gasteiger partial charge on any atom is 0.220 e. The molecule has 82 heavy (non-hydrogen) atoms. The quantitative estimate of drug-likeness (QED) is 0.0204. The van der Waals surface area contributed by atoms with Crippen LogP contribution in [0.3, 0.4) is 0 Å². The molecule has 2 rings (SSSR count). The molecular formula is C68H131NO13. The Balaban J connectivity index is 1.53. The number of allylic oxidation sites excluding steroid dienone is 2. The first-order valence-electron chi connectivity index (χ1n) is 34.9. The minimum atomic E-state index is -1.78. The van der Waals surface area contributed by atoms with Crippen molar-refractivity contribution in [1.29, 1.82) is 0 Å². The summed E-state index contributed by atoms with van der Waals surface area (Å²) in [6, 6.07) is -0.823. The van der Waals surface area contributed by atoms with Gasteiger partial charge in [-0.1, -0.05) is 289 Å². The number of hydrogen-bond donors (Lipinski definition) is 9. The standard InChI is InChI=1S/C68H131NO13/c1-3-5-7-9-11-13-15-16-17-18-19-20-21-22-23-24-25-26-27-28-29-30-31-32-33-34-35-36-37-38-39-40-42-44-46-48-50-52-60(73)69-56(57(72)51-49-47-45-43-41-14-12-10-8-6-4-2)55-79-67-65(78)63(76)66(59(54-71)81-67)82-68-64(77)62(75)61(74)58(53-70)80-68/h18-19,56-59,61-68,70-72,74-78H,3-17,20-55H2,1-2H3,(H,69,73)/b19-18-. The lowest BCUT2D eigenvalue weighted by atomic mass is 9.97. The van der Waals surface area contributed by atoms with Crippen molar-refractivity contribution in [3.05, 3.63) is 12.2 Å². The van der Waals surface area contributed by atoms with Gasteiger partial charge < -0.3 is 65.1 Å². The van der Waals surface area contributed by atoms with Crippen molar-refractivity contribution in [2.24, 2.45) is 0 Å². The molecule has 2 aliphatic heterocycles. The molecule has 0 spiro atoms. The van der Waals surface area contributed by atoms with E-state index in [1.807, 2.05) is 0 Å². The molecule has 14 heteroatoms. The van der Waals surface area contributed by atoms with Gasteiger partial charge in [0.2, 0.25) is 5.91 Å². The molecule has 9 N–H and O–H groups in total. The van der Waals surface area contributed by atoms with E-state index in [1.54, 1.807) is 0 Å². The summed E-state index contributed by atoms with van der Waals surface area (Å²) in [6.07, 6.45) is 48.4. The smallest absolute Gasteiger partial charge is 0.220 e. The van der Waals surface area contributed by atoms with E-state index in [0.29, 0.717) is 12.8 Å². The van der Waals surface area contributed by atoms with Gasteiger partial charge in [0.05, 0.1) is 32.0 Å². The summed E-state index contributed by atoms with van der Waals surface area (Å²) in [6.45, 7) is 2.88. The van der Waals surface area contributed by atoms with Crippen LogP contribution in [-0.4, -0.2) is 140 Å². The second kappa shape index (κ2) is 53.9. The summed E-state index contributed by atoms with van der Waals surface area (Å²) in [5, 5.41) is 87.2. The lowest BCUT2D eigenvalue weighted by Gasteiger charge is -2.46. The molecule has 0 aliphatic carbocycles. The molecule has 486 valence electrons. The van der Waals surface area contributed by atoms with E-state index in [1.165, 1.54) is 244 Å². The number of ether oxygens (including phenoxy) is 4. The highest BCUT2D eigenvalue weighted by molar-refractivity contribution is 5.76. The predicted molar refractivity (Wildman–Crippen MR) is 332 cm³/mol. The van der Waals surface area contributed by atoms with Gasteiger partial charge in [-0.2, -0.15) is 0 Å². The van der Waals surface area contributed by atoms with Gasteiger partial charge in [-0.3, -0.25) is 4.79 Å². The third-order valence-corrected chi connectivity index (χ3v) is 17.5. The molecule has 0 aromatic carbocycles. The molecule has 1 amide bonds. The van der Waals surface area contributed by atoms with Crippen molar-refractivity contribution in [1.82, 2.24) is 5.32 Å².